The van der Waals surface area contributed by atoms with Gasteiger partial charge in [0.05, 0.1) is 5.52 Å². The minimum Gasteiger partial charge on any atom is -0.476 e. The highest BCUT2D eigenvalue weighted by Gasteiger charge is 2.19. The van der Waals surface area contributed by atoms with Crippen molar-refractivity contribution in [3.63, 3.8) is 0 Å². The maximum absolute atomic E-state index is 11.0. The van der Waals surface area contributed by atoms with E-state index in [1.807, 2.05) is 12.1 Å². The number of hydrogen-bond acceptors (Lipinski definition) is 3. The van der Waals surface area contributed by atoms with E-state index >= 15 is 0 Å². The molecule has 2 heterocycles. The fourth-order valence-corrected chi connectivity index (χ4v) is 2.69. The zero-order chi connectivity index (χ0) is 12.5. The molecule has 1 fully saturated rings. The van der Waals surface area contributed by atoms with Gasteiger partial charge in [-0.15, -0.1) is 0 Å². The first-order chi connectivity index (χ1) is 8.75. The molecule has 1 aliphatic rings. The highest BCUT2D eigenvalue weighted by atomic mass is 16.4. The van der Waals surface area contributed by atoms with Crippen LogP contribution in [-0.2, 0) is 0 Å². The monoisotopic (exact) mass is 245 g/mol. The fourth-order valence-electron chi connectivity index (χ4n) is 2.69. The first-order valence-electron chi connectivity index (χ1n) is 6.34. The van der Waals surface area contributed by atoms with E-state index in [9.17, 15) is 4.79 Å². The van der Waals surface area contributed by atoms with Crippen molar-refractivity contribution in [1.29, 1.82) is 0 Å². The summed E-state index contributed by atoms with van der Waals surface area (Å²) < 4.78 is 0. The van der Waals surface area contributed by atoms with Gasteiger partial charge in [0.15, 0.2) is 5.69 Å². The molecule has 1 saturated carbocycles. The molecular formula is C13H15N3O2. The predicted octanol–water partition coefficient (Wildman–Crippen LogP) is 2.70. The van der Waals surface area contributed by atoms with E-state index in [4.69, 9.17) is 5.11 Å². The number of nitrogens with zero attached hydrogens (tertiary/aromatic N) is 2. The fraction of sp³-hybridized carbons (Fsp3) is 0.462. The first kappa shape index (κ1) is 11.2. The quantitative estimate of drug-likeness (QED) is 0.852. The Balaban J connectivity index is 2.03. The van der Waals surface area contributed by atoms with Gasteiger partial charge < -0.3 is 5.11 Å². The molecule has 0 radical (unpaired) electrons. The maximum Gasteiger partial charge on any atom is 0.358 e. The summed E-state index contributed by atoms with van der Waals surface area (Å²) in [6.07, 6.45) is 6.07. The summed E-state index contributed by atoms with van der Waals surface area (Å²) in [6, 6.07) is 3.87. The largest absolute Gasteiger partial charge is 0.476 e. The number of aromatic nitrogens is 3. The second-order valence-corrected chi connectivity index (χ2v) is 4.84. The molecule has 0 unspecified atom stereocenters. The third-order valence-electron chi connectivity index (χ3n) is 3.66. The zero-order valence-corrected chi connectivity index (χ0v) is 10.0. The third-order valence-corrected chi connectivity index (χ3v) is 3.66. The van der Waals surface area contributed by atoms with E-state index in [0.29, 0.717) is 17.0 Å². The van der Waals surface area contributed by atoms with Crippen molar-refractivity contribution in [1.82, 2.24) is 15.2 Å². The molecule has 0 aromatic carbocycles. The van der Waals surface area contributed by atoms with Gasteiger partial charge in [-0.3, -0.25) is 5.10 Å². The number of carboxylic acids is 1. The predicted molar refractivity (Wildman–Crippen MR) is 66.7 cm³/mol. The first-order valence-corrected chi connectivity index (χ1v) is 6.34. The Kier molecular flexibility index (Phi) is 2.74. The number of aromatic amines is 1. The van der Waals surface area contributed by atoms with Gasteiger partial charge in [-0.25, -0.2) is 9.78 Å². The Morgan fingerprint density at radius 2 is 2.06 bits per heavy atom. The Bertz CT molecular complexity index is 585. The van der Waals surface area contributed by atoms with E-state index in [0.717, 1.165) is 18.5 Å². The summed E-state index contributed by atoms with van der Waals surface area (Å²) in [4.78, 5) is 15.5. The molecule has 2 aromatic heterocycles. The lowest BCUT2D eigenvalue weighted by atomic mass is 9.86. The molecule has 5 heteroatoms. The van der Waals surface area contributed by atoms with E-state index < -0.39 is 5.97 Å². The van der Waals surface area contributed by atoms with Gasteiger partial charge in [0.2, 0.25) is 0 Å². The minimum absolute atomic E-state index is 0.0164. The lowest BCUT2D eigenvalue weighted by Gasteiger charge is -2.20. The molecule has 0 bridgehead atoms. The number of fused-ring (bicyclic) bond motifs is 1. The van der Waals surface area contributed by atoms with E-state index in [2.05, 4.69) is 15.2 Å². The number of carboxylic acid groups (broad SMARTS) is 1. The number of nitrogens with one attached hydrogen (secondary N) is 1. The molecule has 18 heavy (non-hydrogen) atoms. The highest BCUT2D eigenvalue weighted by molar-refractivity contribution is 5.98. The molecule has 0 atom stereocenters. The zero-order valence-electron chi connectivity index (χ0n) is 10.0. The molecule has 0 saturated heterocycles. The molecule has 3 rings (SSSR count). The van der Waals surface area contributed by atoms with E-state index in [1.54, 1.807) is 0 Å². The normalized spacial score (nSPS) is 17.1. The summed E-state index contributed by atoms with van der Waals surface area (Å²) in [5.41, 5.74) is 2.19. The van der Waals surface area contributed by atoms with Crippen molar-refractivity contribution in [3.8, 4) is 0 Å². The number of hydrogen-bond donors (Lipinski definition) is 2. The maximum atomic E-state index is 11.0. The Morgan fingerprint density at radius 3 is 2.78 bits per heavy atom. The van der Waals surface area contributed by atoms with Crippen LogP contribution >= 0.6 is 0 Å². The van der Waals surface area contributed by atoms with E-state index in [1.165, 1.54) is 19.3 Å². The summed E-state index contributed by atoms with van der Waals surface area (Å²) in [5, 5.41) is 15.6. The summed E-state index contributed by atoms with van der Waals surface area (Å²) in [5.74, 6) is -0.561. The Labute approximate surface area is 104 Å². The van der Waals surface area contributed by atoms with Gasteiger partial charge in [-0.1, -0.05) is 19.3 Å². The van der Waals surface area contributed by atoms with Crippen molar-refractivity contribution in [3.05, 3.63) is 23.5 Å². The smallest absolute Gasteiger partial charge is 0.358 e. The van der Waals surface area contributed by atoms with Crippen LogP contribution in [0, 0.1) is 0 Å². The summed E-state index contributed by atoms with van der Waals surface area (Å²) in [7, 11) is 0. The van der Waals surface area contributed by atoms with Crippen molar-refractivity contribution < 1.29 is 9.90 Å². The van der Waals surface area contributed by atoms with Crippen LogP contribution in [0.1, 0.15) is 54.2 Å². The Hall–Kier alpha value is -1.91. The van der Waals surface area contributed by atoms with Gasteiger partial charge in [0, 0.05) is 11.6 Å². The molecule has 1 aliphatic carbocycles. The molecule has 0 spiro atoms. The van der Waals surface area contributed by atoms with Crippen LogP contribution in [0.15, 0.2) is 12.1 Å². The van der Waals surface area contributed by atoms with Crippen LogP contribution < -0.4 is 0 Å². The molecule has 2 N–H and O–H groups in total. The van der Waals surface area contributed by atoms with Crippen LogP contribution in [0.2, 0.25) is 0 Å². The number of carbonyl (C=O) groups is 1. The van der Waals surface area contributed by atoms with Gasteiger partial charge in [0.1, 0.15) is 5.52 Å². The summed E-state index contributed by atoms with van der Waals surface area (Å²) in [6.45, 7) is 0. The summed E-state index contributed by atoms with van der Waals surface area (Å²) >= 11 is 0. The van der Waals surface area contributed by atoms with Crippen molar-refractivity contribution in [2.75, 3.05) is 0 Å². The van der Waals surface area contributed by atoms with Gasteiger partial charge in [-0.05, 0) is 25.0 Å². The molecule has 0 amide bonds. The topological polar surface area (TPSA) is 78.9 Å². The second kappa shape index (κ2) is 4.40. The standard InChI is InChI=1S/C13H15N3O2/c17-13(18)12-11-10(15-16-12)7-6-9(14-11)8-4-2-1-3-5-8/h6-8H,1-5H2,(H,15,16)(H,17,18). The average Bonchev–Trinajstić information content (AvgIpc) is 2.82. The lowest BCUT2D eigenvalue weighted by Crippen LogP contribution is -2.07. The second-order valence-electron chi connectivity index (χ2n) is 4.84. The molecule has 2 aromatic rings. The number of pyridine rings is 1. The van der Waals surface area contributed by atoms with Gasteiger partial charge in [0.25, 0.3) is 0 Å². The van der Waals surface area contributed by atoms with Crippen LogP contribution in [-0.4, -0.2) is 26.3 Å². The average molecular weight is 245 g/mol. The molecule has 0 aliphatic heterocycles. The number of rotatable bonds is 2. The van der Waals surface area contributed by atoms with Crippen LogP contribution in [0.4, 0.5) is 0 Å². The molecule has 5 nitrogen and oxygen atoms in total. The lowest BCUT2D eigenvalue weighted by molar-refractivity contribution is 0.0692. The van der Waals surface area contributed by atoms with Crippen LogP contribution in [0.3, 0.4) is 0 Å². The highest BCUT2D eigenvalue weighted by Crippen LogP contribution is 2.32. The number of H-pyrrole nitrogens is 1. The molecular weight excluding hydrogens is 230 g/mol. The minimum atomic E-state index is -1.03. The molecule has 94 valence electrons. The van der Waals surface area contributed by atoms with Crippen molar-refractivity contribution >= 4 is 17.0 Å². The van der Waals surface area contributed by atoms with Gasteiger partial charge in [-0.2, -0.15) is 5.10 Å². The third kappa shape index (κ3) is 1.85. The van der Waals surface area contributed by atoms with Crippen molar-refractivity contribution in [2.24, 2.45) is 0 Å². The van der Waals surface area contributed by atoms with Crippen molar-refractivity contribution in [2.45, 2.75) is 38.0 Å². The van der Waals surface area contributed by atoms with E-state index in [-0.39, 0.29) is 5.69 Å². The number of aromatic carboxylic acids is 1. The van der Waals surface area contributed by atoms with Gasteiger partial charge >= 0.3 is 5.97 Å². The van der Waals surface area contributed by atoms with Crippen LogP contribution in [0.5, 0.6) is 0 Å². The Morgan fingerprint density at radius 1 is 1.28 bits per heavy atom. The SMILES string of the molecule is O=C(O)c1n[nH]c2ccc(C3CCCCC3)nc12. The van der Waals surface area contributed by atoms with Crippen LogP contribution in [0.25, 0.3) is 11.0 Å².